The fraction of sp³-hybridized carbons (Fsp3) is 0.600. The minimum Gasteiger partial charge on any atom is -0.334 e. The summed E-state index contributed by atoms with van der Waals surface area (Å²) in [5.74, 6) is 0.0517. The van der Waals surface area contributed by atoms with E-state index in [2.05, 4.69) is 10.3 Å². The summed E-state index contributed by atoms with van der Waals surface area (Å²) in [6.07, 6.45) is 8.92. The first-order valence-corrected chi connectivity index (χ1v) is 7.79. The van der Waals surface area contributed by atoms with Gasteiger partial charge >= 0.3 is 0 Å². The van der Waals surface area contributed by atoms with Crippen molar-refractivity contribution in [3.05, 3.63) is 29.0 Å². The predicted molar refractivity (Wildman–Crippen MR) is 78.9 cm³/mol. The van der Waals surface area contributed by atoms with E-state index >= 15 is 0 Å². The van der Waals surface area contributed by atoms with Gasteiger partial charge in [0.1, 0.15) is 0 Å². The number of piperidine rings is 1. The van der Waals surface area contributed by atoms with Crippen LogP contribution in [-0.4, -0.2) is 41.0 Å². The van der Waals surface area contributed by atoms with E-state index in [4.69, 9.17) is 11.6 Å². The van der Waals surface area contributed by atoms with Crippen molar-refractivity contribution in [1.82, 2.24) is 15.2 Å². The molecule has 1 N–H and O–H groups in total. The molecule has 2 atom stereocenters. The van der Waals surface area contributed by atoms with Crippen LogP contribution >= 0.6 is 11.6 Å². The van der Waals surface area contributed by atoms with Crippen LogP contribution in [0.15, 0.2) is 18.5 Å². The minimum atomic E-state index is 0.0517. The summed E-state index contributed by atoms with van der Waals surface area (Å²) in [4.78, 5) is 18.7. The molecule has 1 aromatic rings. The fourth-order valence-electron chi connectivity index (χ4n) is 3.37. The van der Waals surface area contributed by atoms with E-state index in [-0.39, 0.29) is 5.91 Å². The number of aromatic nitrogens is 1. The van der Waals surface area contributed by atoms with Crippen LogP contribution in [0.4, 0.5) is 0 Å². The molecule has 0 saturated carbocycles. The molecular weight excluding hydrogens is 274 g/mol. The smallest absolute Gasteiger partial charge is 0.255 e. The Morgan fingerprint density at radius 2 is 2.25 bits per heavy atom. The molecule has 0 radical (unpaired) electrons. The molecular formula is C15H20ClN3O. The Labute approximate surface area is 124 Å². The molecule has 1 aromatic heterocycles. The second-order valence-corrected chi connectivity index (χ2v) is 6.03. The van der Waals surface area contributed by atoms with Crippen molar-refractivity contribution in [3.8, 4) is 0 Å². The van der Waals surface area contributed by atoms with E-state index in [1.54, 1.807) is 18.5 Å². The summed E-state index contributed by atoms with van der Waals surface area (Å²) in [6, 6.07) is 2.47. The maximum absolute atomic E-state index is 12.8. The fourth-order valence-corrected chi connectivity index (χ4v) is 3.57. The Morgan fingerprint density at radius 1 is 1.35 bits per heavy atom. The summed E-state index contributed by atoms with van der Waals surface area (Å²) >= 11 is 6.12. The van der Waals surface area contributed by atoms with Crippen molar-refractivity contribution in [2.75, 3.05) is 13.1 Å². The van der Waals surface area contributed by atoms with E-state index < -0.39 is 0 Å². The number of hydrogen-bond acceptors (Lipinski definition) is 3. The van der Waals surface area contributed by atoms with Crippen LogP contribution in [0.5, 0.6) is 0 Å². The second-order valence-electron chi connectivity index (χ2n) is 5.62. The summed E-state index contributed by atoms with van der Waals surface area (Å²) in [7, 11) is 0. The number of nitrogens with zero attached hydrogens (tertiary/aromatic N) is 2. The lowest BCUT2D eigenvalue weighted by Crippen LogP contribution is -2.52. The van der Waals surface area contributed by atoms with Crippen molar-refractivity contribution in [2.24, 2.45) is 0 Å². The van der Waals surface area contributed by atoms with Crippen molar-refractivity contribution >= 4 is 17.5 Å². The molecule has 2 aliphatic rings. The van der Waals surface area contributed by atoms with Gasteiger partial charge in [-0.15, -0.1) is 0 Å². The lowest BCUT2D eigenvalue weighted by molar-refractivity contribution is 0.0563. The van der Waals surface area contributed by atoms with Crippen molar-refractivity contribution in [3.63, 3.8) is 0 Å². The Hall–Kier alpha value is -1.13. The highest BCUT2D eigenvalue weighted by Gasteiger charge is 2.35. The number of halogens is 1. The number of amides is 1. The molecule has 2 aliphatic heterocycles. The number of carbonyl (C=O) groups is 1. The van der Waals surface area contributed by atoms with E-state index in [0.717, 1.165) is 25.9 Å². The maximum Gasteiger partial charge on any atom is 0.255 e. The molecule has 2 unspecified atom stereocenters. The molecule has 0 spiro atoms. The lowest BCUT2D eigenvalue weighted by atomic mass is 9.94. The summed E-state index contributed by atoms with van der Waals surface area (Å²) < 4.78 is 0. The standard InChI is InChI=1S/C15H20ClN3O/c16-12-10-17-8-6-11(12)15(20)19-9-2-1-5-14(19)13-4-3-7-18-13/h6,8,10,13-14,18H,1-5,7,9H2. The van der Waals surface area contributed by atoms with Gasteiger partial charge in [0, 0.05) is 31.0 Å². The zero-order valence-electron chi connectivity index (χ0n) is 11.5. The maximum atomic E-state index is 12.8. The van der Waals surface area contributed by atoms with Gasteiger partial charge in [-0.05, 0) is 44.7 Å². The van der Waals surface area contributed by atoms with E-state index in [0.29, 0.717) is 22.7 Å². The zero-order chi connectivity index (χ0) is 13.9. The molecule has 5 heteroatoms. The van der Waals surface area contributed by atoms with Gasteiger partial charge < -0.3 is 10.2 Å². The Bertz CT molecular complexity index is 488. The number of hydrogen-bond donors (Lipinski definition) is 1. The van der Waals surface area contributed by atoms with Gasteiger partial charge in [0.25, 0.3) is 5.91 Å². The zero-order valence-corrected chi connectivity index (χ0v) is 12.3. The van der Waals surface area contributed by atoms with E-state index in [1.807, 2.05) is 4.90 Å². The summed E-state index contributed by atoms with van der Waals surface area (Å²) in [5, 5.41) is 3.98. The van der Waals surface area contributed by atoms with Crippen LogP contribution in [0.3, 0.4) is 0 Å². The predicted octanol–water partition coefficient (Wildman–Crippen LogP) is 2.48. The van der Waals surface area contributed by atoms with Gasteiger partial charge in [-0.3, -0.25) is 9.78 Å². The first-order chi connectivity index (χ1) is 9.77. The summed E-state index contributed by atoms with van der Waals surface area (Å²) in [6.45, 7) is 1.90. The quantitative estimate of drug-likeness (QED) is 0.911. The molecule has 2 fully saturated rings. The van der Waals surface area contributed by atoms with Gasteiger partial charge in [0.15, 0.2) is 0 Å². The molecule has 0 aromatic carbocycles. The molecule has 4 nitrogen and oxygen atoms in total. The third kappa shape index (κ3) is 2.67. The first kappa shape index (κ1) is 13.8. The first-order valence-electron chi connectivity index (χ1n) is 7.41. The van der Waals surface area contributed by atoms with Gasteiger partial charge in [0.05, 0.1) is 10.6 Å². The van der Waals surface area contributed by atoms with Crippen molar-refractivity contribution in [2.45, 2.75) is 44.2 Å². The molecule has 20 heavy (non-hydrogen) atoms. The van der Waals surface area contributed by atoms with Gasteiger partial charge in [-0.1, -0.05) is 11.6 Å². The molecule has 1 amide bonds. The molecule has 2 saturated heterocycles. The van der Waals surface area contributed by atoms with Crippen LogP contribution in [0, 0.1) is 0 Å². The van der Waals surface area contributed by atoms with Crippen molar-refractivity contribution in [1.29, 1.82) is 0 Å². The van der Waals surface area contributed by atoms with Crippen LogP contribution in [-0.2, 0) is 0 Å². The Balaban J connectivity index is 1.82. The number of nitrogens with one attached hydrogen (secondary N) is 1. The molecule has 3 heterocycles. The third-order valence-electron chi connectivity index (χ3n) is 4.38. The summed E-state index contributed by atoms with van der Waals surface area (Å²) in [5.41, 5.74) is 0.576. The highest BCUT2D eigenvalue weighted by atomic mass is 35.5. The second kappa shape index (κ2) is 6.10. The molecule has 3 rings (SSSR count). The normalized spacial score (nSPS) is 26.8. The number of carbonyl (C=O) groups excluding carboxylic acids is 1. The lowest BCUT2D eigenvalue weighted by Gasteiger charge is -2.39. The average Bonchev–Trinajstić information content (AvgIpc) is 3.01. The molecule has 0 aliphatic carbocycles. The van der Waals surface area contributed by atoms with Crippen molar-refractivity contribution < 1.29 is 4.79 Å². The third-order valence-corrected chi connectivity index (χ3v) is 4.68. The van der Waals surface area contributed by atoms with Gasteiger partial charge in [0.2, 0.25) is 0 Å². The molecule has 108 valence electrons. The highest BCUT2D eigenvalue weighted by Crippen LogP contribution is 2.27. The number of pyridine rings is 1. The Kier molecular flexibility index (Phi) is 4.22. The molecule has 0 bridgehead atoms. The van der Waals surface area contributed by atoms with E-state index in [1.165, 1.54) is 19.3 Å². The van der Waals surface area contributed by atoms with Crippen LogP contribution in [0.2, 0.25) is 5.02 Å². The Morgan fingerprint density at radius 3 is 3.00 bits per heavy atom. The van der Waals surface area contributed by atoms with E-state index in [9.17, 15) is 4.79 Å². The minimum absolute atomic E-state index is 0.0517. The van der Waals surface area contributed by atoms with Gasteiger partial charge in [-0.2, -0.15) is 0 Å². The van der Waals surface area contributed by atoms with Crippen LogP contribution in [0.1, 0.15) is 42.5 Å². The monoisotopic (exact) mass is 293 g/mol. The largest absolute Gasteiger partial charge is 0.334 e. The average molecular weight is 294 g/mol. The topological polar surface area (TPSA) is 45.2 Å². The van der Waals surface area contributed by atoms with Crippen LogP contribution in [0.25, 0.3) is 0 Å². The van der Waals surface area contributed by atoms with Gasteiger partial charge in [-0.25, -0.2) is 0 Å². The number of rotatable bonds is 2. The van der Waals surface area contributed by atoms with Crippen LogP contribution < -0.4 is 5.32 Å². The SMILES string of the molecule is O=C(c1ccncc1Cl)N1CCCCC1C1CCCN1. The number of likely N-dealkylation sites (tertiary alicyclic amines) is 1. The highest BCUT2D eigenvalue weighted by molar-refractivity contribution is 6.33.